The monoisotopic (exact) mass is 392 g/mol. The lowest BCUT2D eigenvalue weighted by Gasteiger charge is -2.03. The fraction of sp³-hybridized carbons (Fsp3) is 0. The highest BCUT2D eigenvalue weighted by Gasteiger charge is 2.16. The standard InChI is InChI=1S/C6H3Br3O3S/c7-3-1-4(8)6(9)5(2-3)13(10,11)12/h1-2H,(H,10,11,12). The van der Waals surface area contributed by atoms with Gasteiger partial charge in [0, 0.05) is 8.95 Å². The van der Waals surface area contributed by atoms with E-state index in [0.29, 0.717) is 13.4 Å². The van der Waals surface area contributed by atoms with Gasteiger partial charge in [0.05, 0.1) is 4.47 Å². The molecule has 0 aliphatic heterocycles. The molecule has 0 spiro atoms. The van der Waals surface area contributed by atoms with Crippen LogP contribution in [0.1, 0.15) is 0 Å². The molecule has 0 radical (unpaired) electrons. The van der Waals surface area contributed by atoms with E-state index >= 15 is 0 Å². The lowest BCUT2D eigenvalue weighted by molar-refractivity contribution is 0.482. The second kappa shape index (κ2) is 3.98. The summed E-state index contributed by atoms with van der Waals surface area (Å²) in [7, 11) is -4.19. The molecule has 0 aromatic heterocycles. The normalized spacial score (nSPS) is 11.7. The van der Waals surface area contributed by atoms with Crippen molar-refractivity contribution in [1.82, 2.24) is 0 Å². The van der Waals surface area contributed by atoms with Crippen LogP contribution < -0.4 is 0 Å². The quantitative estimate of drug-likeness (QED) is 0.587. The Hall–Kier alpha value is 0.570. The molecule has 7 heteroatoms. The molecule has 0 aliphatic rings. The van der Waals surface area contributed by atoms with Gasteiger partial charge < -0.3 is 0 Å². The first-order chi connectivity index (χ1) is 5.82. The van der Waals surface area contributed by atoms with Gasteiger partial charge in [0.1, 0.15) is 4.90 Å². The number of benzene rings is 1. The summed E-state index contributed by atoms with van der Waals surface area (Å²) in [5, 5.41) is 0. The van der Waals surface area contributed by atoms with Gasteiger partial charge in [0.25, 0.3) is 10.1 Å². The van der Waals surface area contributed by atoms with Crippen LogP contribution >= 0.6 is 47.8 Å². The Labute approximate surface area is 101 Å². The zero-order chi connectivity index (χ0) is 10.2. The van der Waals surface area contributed by atoms with Crippen LogP contribution in [0.15, 0.2) is 30.4 Å². The molecule has 1 rings (SSSR count). The first kappa shape index (κ1) is 11.6. The minimum atomic E-state index is -4.19. The Morgan fingerprint density at radius 3 is 2.15 bits per heavy atom. The molecule has 1 aromatic carbocycles. The lowest BCUT2D eigenvalue weighted by Crippen LogP contribution is -1.99. The smallest absolute Gasteiger partial charge is 0.282 e. The number of rotatable bonds is 1. The van der Waals surface area contributed by atoms with Gasteiger partial charge in [-0.25, -0.2) is 0 Å². The molecule has 0 fully saturated rings. The van der Waals surface area contributed by atoms with Crippen LogP contribution in [0.4, 0.5) is 0 Å². The van der Waals surface area contributed by atoms with Crippen molar-refractivity contribution in [2.24, 2.45) is 0 Å². The van der Waals surface area contributed by atoms with Crippen molar-refractivity contribution in [3.63, 3.8) is 0 Å². The lowest BCUT2D eigenvalue weighted by atomic mass is 10.4. The molecule has 0 amide bonds. The first-order valence-corrected chi connectivity index (χ1v) is 6.76. The minimum Gasteiger partial charge on any atom is -0.282 e. The van der Waals surface area contributed by atoms with Crippen molar-refractivity contribution in [2.45, 2.75) is 4.90 Å². The molecule has 1 N–H and O–H groups in total. The van der Waals surface area contributed by atoms with Gasteiger partial charge in [-0.15, -0.1) is 0 Å². The molecule has 0 heterocycles. The third-order valence-electron chi connectivity index (χ3n) is 1.24. The molecule has 0 saturated heterocycles. The van der Waals surface area contributed by atoms with Crippen molar-refractivity contribution in [3.8, 4) is 0 Å². The van der Waals surface area contributed by atoms with Gasteiger partial charge in [0.2, 0.25) is 0 Å². The summed E-state index contributed by atoms with van der Waals surface area (Å²) >= 11 is 9.29. The molecular weight excluding hydrogens is 392 g/mol. The summed E-state index contributed by atoms with van der Waals surface area (Å²) in [6, 6.07) is 2.98. The van der Waals surface area contributed by atoms with Crippen LogP contribution in [0, 0.1) is 0 Å². The van der Waals surface area contributed by atoms with E-state index in [1.807, 2.05) is 0 Å². The number of hydrogen-bond acceptors (Lipinski definition) is 2. The van der Waals surface area contributed by atoms with E-state index in [1.54, 1.807) is 6.07 Å². The second-order valence-corrected chi connectivity index (χ2v) is 6.13. The average molecular weight is 395 g/mol. The van der Waals surface area contributed by atoms with E-state index in [1.165, 1.54) is 6.07 Å². The SMILES string of the molecule is O=S(=O)(O)c1cc(Br)cc(Br)c1Br. The summed E-state index contributed by atoms with van der Waals surface area (Å²) in [6.45, 7) is 0. The summed E-state index contributed by atoms with van der Waals surface area (Å²) in [6.07, 6.45) is 0. The van der Waals surface area contributed by atoms with Crippen LogP contribution in [0.3, 0.4) is 0 Å². The largest absolute Gasteiger partial charge is 0.295 e. The maximum absolute atomic E-state index is 10.8. The highest BCUT2D eigenvalue weighted by Crippen LogP contribution is 2.33. The van der Waals surface area contributed by atoms with Crippen molar-refractivity contribution in [3.05, 3.63) is 25.6 Å². The molecule has 0 aliphatic carbocycles. The van der Waals surface area contributed by atoms with Gasteiger partial charge in [0.15, 0.2) is 0 Å². The van der Waals surface area contributed by atoms with Crippen LogP contribution in [0.2, 0.25) is 0 Å². The van der Waals surface area contributed by atoms with Gasteiger partial charge in [-0.2, -0.15) is 8.42 Å². The van der Waals surface area contributed by atoms with Crippen LogP contribution in [0.5, 0.6) is 0 Å². The van der Waals surface area contributed by atoms with Crippen molar-refractivity contribution < 1.29 is 13.0 Å². The van der Waals surface area contributed by atoms with E-state index in [9.17, 15) is 8.42 Å². The topological polar surface area (TPSA) is 54.4 Å². The van der Waals surface area contributed by atoms with E-state index in [-0.39, 0.29) is 4.90 Å². The predicted molar refractivity (Wildman–Crippen MR) is 59.4 cm³/mol. The highest BCUT2D eigenvalue weighted by molar-refractivity contribution is 9.13. The Kier molecular flexibility index (Phi) is 3.56. The molecule has 0 bridgehead atoms. The Balaban J connectivity index is 3.56. The molecule has 13 heavy (non-hydrogen) atoms. The van der Waals surface area contributed by atoms with Gasteiger partial charge in [-0.3, -0.25) is 4.55 Å². The van der Waals surface area contributed by atoms with Gasteiger partial charge in [-0.05, 0) is 44.0 Å². The Morgan fingerprint density at radius 1 is 1.15 bits per heavy atom. The Morgan fingerprint density at radius 2 is 1.69 bits per heavy atom. The molecule has 0 atom stereocenters. The molecule has 0 unspecified atom stereocenters. The Bertz CT molecular complexity index is 441. The highest BCUT2D eigenvalue weighted by atomic mass is 79.9. The second-order valence-electron chi connectivity index (χ2n) is 2.17. The molecule has 72 valence electrons. The van der Waals surface area contributed by atoms with Crippen LogP contribution in [-0.2, 0) is 10.1 Å². The van der Waals surface area contributed by atoms with Crippen molar-refractivity contribution >= 4 is 57.9 Å². The van der Waals surface area contributed by atoms with Gasteiger partial charge >= 0.3 is 0 Å². The van der Waals surface area contributed by atoms with E-state index in [4.69, 9.17) is 4.55 Å². The summed E-state index contributed by atoms with van der Waals surface area (Å²) in [4.78, 5) is -0.172. The maximum Gasteiger partial charge on any atom is 0.295 e. The zero-order valence-corrected chi connectivity index (χ0v) is 11.5. The maximum atomic E-state index is 10.8. The minimum absolute atomic E-state index is 0.172. The van der Waals surface area contributed by atoms with Gasteiger partial charge in [-0.1, -0.05) is 15.9 Å². The molecule has 1 aromatic rings. The first-order valence-electron chi connectivity index (χ1n) is 2.94. The van der Waals surface area contributed by atoms with E-state index in [2.05, 4.69) is 47.8 Å². The third kappa shape index (κ3) is 2.76. The average Bonchev–Trinajstić information content (AvgIpc) is 1.94. The number of hydrogen-bond donors (Lipinski definition) is 1. The summed E-state index contributed by atoms with van der Waals surface area (Å²) in [5.41, 5.74) is 0. The van der Waals surface area contributed by atoms with E-state index in [0.717, 1.165) is 0 Å². The van der Waals surface area contributed by atoms with E-state index < -0.39 is 10.1 Å². The molecule has 0 saturated carbocycles. The van der Waals surface area contributed by atoms with Crippen LogP contribution in [-0.4, -0.2) is 13.0 Å². The summed E-state index contributed by atoms with van der Waals surface area (Å²) < 4.78 is 31.9. The van der Waals surface area contributed by atoms with Crippen molar-refractivity contribution in [1.29, 1.82) is 0 Å². The van der Waals surface area contributed by atoms with Crippen molar-refractivity contribution in [2.75, 3.05) is 0 Å². The third-order valence-corrected chi connectivity index (χ3v) is 4.85. The fourth-order valence-electron chi connectivity index (χ4n) is 0.720. The fourth-order valence-corrected chi connectivity index (χ4v) is 3.68. The molecular formula is C6H3Br3O3S. The van der Waals surface area contributed by atoms with Crippen LogP contribution in [0.25, 0.3) is 0 Å². The summed E-state index contributed by atoms with van der Waals surface area (Å²) in [5.74, 6) is 0. The predicted octanol–water partition coefficient (Wildman–Crippen LogP) is 3.22. The number of halogens is 3. The molecule has 3 nitrogen and oxygen atoms in total. The zero-order valence-electron chi connectivity index (χ0n) is 5.96.